The number of carbonyl (C=O) groups excluding carboxylic acids is 1. The summed E-state index contributed by atoms with van der Waals surface area (Å²) in [5.41, 5.74) is 8.52. The third kappa shape index (κ3) is 2.65. The lowest BCUT2D eigenvalue weighted by molar-refractivity contribution is 0.102. The van der Waals surface area contributed by atoms with Crippen LogP contribution in [-0.4, -0.2) is 16.1 Å². The fourth-order valence-electron chi connectivity index (χ4n) is 2.18. The van der Waals surface area contributed by atoms with Crippen LogP contribution in [0.3, 0.4) is 0 Å². The Morgan fingerprint density at radius 3 is 2.90 bits per heavy atom. The number of H-pyrrole nitrogens is 1. The first-order valence-electron chi connectivity index (χ1n) is 6.58. The van der Waals surface area contributed by atoms with Gasteiger partial charge >= 0.3 is 0 Å². The Morgan fingerprint density at radius 1 is 1.52 bits per heavy atom. The van der Waals surface area contributed by atoms with Crippen LogP contribution in [0.25, 0.3) is 0 Å². The molecule has 1 aliphatic carbocycles. The molecule has 1 aromatic carbocycles. The van der Waals surface area contributed by atoms with Crippen molar-refractivity contribution in [2.24, 2.45) is 0 Å². The van der Waals surface area contributed by atoms with Gasteiger partial charge in [-0.1, -0.05) is 0 Å². The summed E-state index contributed by atoms with van der Waals surface area (Å²) in [6.07, 6.45) is 2.13. The van der Waals surface area contributed by atoms with E-state index < -0.39 is 5.91 Å². The van der Waals surface area contributed by atoms with Crippen LogP contribution in [0.4, 0.5) is 15.8 Å². The minimum Gasteiger partial charge on any atom is -0.395 e. The predicted octanol–water partition coefficient (Wildman–Crippen LogP) is 3.33. The van der Waals surface area contributed by atoms with E-state index in [2.05, 4.69) is 31.4 Å². The minimum absolute atomic E-state index is 0.178. The number of aromatic nitrogens is 2. The summed E-state index contributed by atoms with van der Waals surface area (Å²) in [5, 5.41) is 9.54. The maximum Gasteiger partial charge on any atom is 0.278 e. The number of carbonyl (C=O) groups is 1. The standard InChI is InChI=1S/C14H14BrFN4O/c1-6-4-9(16)8(15)5-10(6)18-14(21)13-11(17)12(19-20-13)7-2-3-7/h4-5,7H,2-3,17H2,1H3,(H,18,21)(H,19,20). The van der Waals surface area contributed by atoms with Gasteiger partial charge < -0.3 is 11.1 Å². The molecule has 21 heavy (non-hydrogen) atoms. The van der Waals surface area contributed by atoms with E-state index in [4.69, 9.17) is 5.73 Å². The smallest absolute Gasteiger partial charge is 0.278 e. The molecule has 1 aliphatic rings. The van der Waals surface area contributed by atoms with Gasteiger partial charge in [-0.3, -0.25) is 9.89 Å². The van der Waals surface area contributed by atoms with E-state index >= 15 is 0 Å². The van der Waals surface area contributed by atoms with Crippen molar-refractivity contribution in [1.29, 1.82) is 0 Å². The second-order valence-electron chi connectivity index (χ2n) is 5.21. The van der Waals surface area contributed by atoms with Gasteiger partial charge in [-0.25, -0.2) is 4.39 Å². The molecule has 110 valence electrons. The molecule has 0 saturated heterocycles. The van der Waals surface area contributed by atoms with Gasteiger partial charge in [0.1, 0.15) is 5.82 Å². The number of hydrogen-bond acceptors (Lipinski definition) is 3. The highest BCUT2D eigenvalue weighted by molar-refractivity contribution is 9.10. The van der Waals surface area contributed by atoms with Crippen molar-refractivity contribution in [3.63, 3.8) is 0 Å². The summed E-state index contributed by atoms with van der Waals surface area (Å²) in [5.74, 6) is -0.390. The Hall–Kier alpha value is -1.89. The van der Waals surface area contributed by atoms with Crippen LogP contribution in [0.1, 0.15) is 40.5 Å². The van der Waals surface area contributed by atoms with Gasteiger partial charge in [0, 0.05) is 11.6 Å². The molecule has 0 atom stereocenters. The summed E-state index contributed by atoms with van der Waals surface area (Å²) in [6.45, 7) is 1.72. The van der Waals surface area contributed by atoms with Gasteiger partial charge in [-0.2, -0.15) is 5.10 Å². The topological polar surface area (TPSA) is 83.8 Å². The van der Waals surface area contributed by atoms with Gasteiger partial charge in [-0.15, -0.1) is 0 Å². The molecule has 4 N–H and O–H groups in total. The van der Waals surface area contributed by atoms with Crippen molar-refractivity contribution in [1.82, 2.24) is 10.2 Å². The quantitative estimate of drug-likeness (QED) is 0.791. The number of amides is 1. The number of anilines is 2. The predicted molar refractivity (Wildman–Crippen MR) is 81.8 cm³/mol. The molecule has 0 aliphatic heterocycles. The molecule has 0 radical (unpaired) electrons. The van der Waals surface area contributed by atoms with E-state index in [0.29, 0.717) is 22.9 Å². The van der Waals surface area contributed by atoms with E-state index in [1.165, 1.54) is 12.1 Å². The second kappa shape index (κ2) is 5.14. The zero-order chi connectivity index (χ0) is 15.1. The van der Waals surface area contributed by atoms with Crippen molar-refractivity contribution in [3.05, 3.63) is 39.4 Å². The molecule has 0 unspecified atom stereocenters. The van der Waals surface area contributed by atoms with Crippen molar-refractivity contribution in [2.45, 2.75) is 25.7 Å². The maximum absolute atomic E-state index is 13.4. The van der Waals surface area contributed by atoms with Gasteiger partial charge in [0.15, 0.2) is 5.69 Å². The number of rotatable bonds is 3. The molecule has 1 amide bonds. The highest BCUT2D eigenvalue weighted by Gasteiger charge is 2.30. The molecule has 3 rings (SSSR count). The third-order valence-corrected chi connectivity index (χ3v) is 4.16. The molecular weight excluding hydrogens is 339 g/mol. The van der Waals surface area contributed by atoms with Crippen LogP contribution in [0, 0.1) is 12.7 Å². The average Bonchev–Trinajstić information content (AvgIpc) is 3.19. The number of aryl methyl sites for hydroxylation is 1. The zero-order valence-electron chi connectivity index (χ0n) is 11.3. The van der Waals surface area contributed by atoms with Crippen LogP contribution in [0.2, 0.25) is 0 Å². The number of nitrogen functional groups attached to an aromatic ring is 1. The van der Waals surface area contributed by atoms with Gasteiger partial charge in [-0.05, 0) is 53.4 Å². The van der Waals surface area contributed by atoms with Crippen molar-refractivity contribution >= 4 is 33.2 Å². The Labute approximate surface area is 129 Å². The fraction of sp³-hybridized carbons (Fsp3) is 0.286. The molecule has 1 fully saturated rings. The molecular formula is C14H14BrFN4O. The lowest BCUT2D eigenvalue weighted by Crippen LogP contribution is -2.15. The lowest BCUT2D eigenvalue weighted by Gasteiger charge is -2.09. The first-order valence-corrected chi connectivity index (χ1v) is 7.37. The summed E-state index contributed by atoms with van der Waals surface area (Å²) in [7, 11) is 0. The second-order valence-corrected chi connectivity index (χ2v) is 6.06. The van der Waals surface area contributed by atoms with Gasteiger partial charge in [0.2, 0.25) is 0 Å². The first-order chi connectivity index (χ1) is 9.97. The maximum atomic E-state index is 13.4. The van der Waals surface area contributed by atoms with Crippen molar-refractivity contribution in [2.75, 3.05) is 11.1 Å². The largest absolute Gasteiger partial charge is 0.395 e. The van der Waals surface area contributed by atoms with Crippen LogP contribution in [-0.2, 0) is 0 Å². The number of hydrogen-bond donors (Lipinski definition) is 3. The highest BCUT2D eigenvalue weighted by atomic mass is 79.9. The lowest BCUT2D eigenvalue weighted by atomic mass is 10.2. The molecule has 1 saturated carbocycles. The van der Waals surface area contributed by atoms with Crippen LogP contribution >= 0.6 is 15.9 Å². The number of aromatic amines is 1. The number of nitrogens with one attached hydrogen (secondary N) is 2. The fourth-order valence-corrected chi connectivity index (χ4v) is 2.53. The number of benzene rings is 1. The van der Waals surface area contributed by atoms with E-state index in [9.17, 15) is 9.18 Å². The molecule has 7 heteroatoms. The summed E-state index contributed by atoms with van der Waals surface area (Å²) < 4.78 is 13.7. The van der Waals surface area contributed by atoms with Crippen LogP contribution < -0.4 is 11.1 Å². The van der Waals surface area contributed by atoms with Gasteiger partial charge in [0.25, 0.3) is 5.91 Å². The number of nitrogens with zero attached hydrogens (tertiary/aromatic N) is 1. The SMILES string of the molecule is Cc1cc(F)c(Br)cc1NC(=O)c1n[nH]c(C2CC2)c1N. The van der Waals surface area contributed by atoms with E-state index in [1.54, 1.807) is 6.92 Å². The molecule has 1 aromatic heterocycles. The molecule has 0 bridgehead atoms. The van der Waals surface area contributed by atoms with Gasteiger partial charge in [0.05, 0.1) is 15.9 Å². The molecule has 1 heterocycles. The van der Waals surface area contributed by atoms with Crippen LogP contribution in [0.15, 0.2) is 16.6 Å². The average molecular weight is 353 g/mol. The summed E-state index contributed by atoms with van der Waals surface area (Å²) in [6, 6.07) is 2.87. The Morgan fingerprint density at radius 2 is 2.24 bits per heavy atom. The highest BCUT2D eigenvalue weighted by Crippen LogP contribution is 2.42. The zero-order valence-corrected chi connectivity index (χ0v) is 12.9. The number of halogens is 2. The minimum atomic E-state index is -0.405. The first kappa shape index (κ1) is 14.1. The normalized spacial score (nSPS) is 14.2. The van der Waals surface area contributed by atoms with Crippen LogP contribution in [0.5, 0.6) is 0 Å². The van der Waals surface area contributed by atoms with Crippen molar-refractivity contribution < 1.29 is 9.18 Å². The Bertz CT molecular complexity index is 724. The summed E-state index contributed by atoms with van der Waals surface area (Å²) >= 11 is 3.10. The van der Waals surface area contributed by atoms with E-state index in [0.717, 1.165) is 18.5 Å². The van der Waals surface area contributed by atoms with E-state index in [-0.39, 0.29) is 16.0 Å². The summed E-state index contributed by atoms with van der Waals surface area (Å²) in [4.78, 5) is 12.3. The Balaban J connectivity index is 1.85. The monoisotopic (exact) mass is 352 g/mol. The van der Waals surface area contributed by atoms with Crippen molar-refractivity contribution in [3.8, 4) is 0 Å². The molecule has 5 nitrogen and oxygen atoms in total. The molecule has 2 aromatic rings. The van der Waals surface area contributed by atoms with E-state index in [1.807, 2.05) is 0 Å². The number of nitrogens with two attached hydrogens (primary N) is 1. The Kier molecular flexibility index (Phi) is 3.44. The third-order valence-electron chi connectivity index (χ3n) is 3.55. The molecule has 0 spiro atoms.